The first-order valence-electron chi connectivity index (χ1n) is 7.00. The first kappa shape index (κ1) is 13.8. The average Bonchev–Trinajstić information content (AvgIpc) is 2.48. The normalized spacial score (nSPS) is 19.3. The molecule has 4 heteroatoms. The second-order valence-electron chi connectivity index (χ2n) is 5.44. The molecule has 0 spiro atoms. The van der Waals surface area contributed by atoms with Gasteiger partial charge in [0, 0.05) is 17.3 Å². The van der Waals surface area contributed by atoms with Crippen LogP contribution in [0.2, 0.25) is 0 Å². The Morgan fingerprint density at radius 2 is 1.95 bits per heavy atom. The smallest absolute Gasteiger partial charge is 0.258 e. The highest BCUT2D eigenvalue weighted by molar-refractivity contribution is 6.08. The molecule has 1 aliphatic rings. The van der Waals surface area contributed by atoms with Crippen LogP contribution in [-0.4, -0.2) is 18.0 Å². The number of carbonyl (C=O) groups excluding carboxylic acids is 1. The number of benzene rings is 2. The summed E-state index contributed by atoms with van der Waals surface area (Å²) >= 11 is 0. The number of carbonyl (C=O) groups is 1. The van der Waals surface area contributed by atoms with Gasteiger partial charge in [0.25, 0.3) is 5.91 Å². The van der Waals surface area contributed by atoms with E-state index >= 15 is 0 Å². The predicted molar refractivity (Wildman–Crippen MR) is 80.8 cm³/mol. The van der Waals surface area contributed by atoms with Crippen LogP contribution in [0.4, 0.5) is 10.1 Å². The summed E-state index contributed by atoms with van der Waals surface area (Å²) in [6, 6.07) is 13.5. The van der Waals surface area contributed by atoms with Gasteiger partial charge in [-0.1, -0.05) is 24.3 Å². The molecule has 2 aromatic rings. The molecule has 0 fully saturated rings. The number of fused-ring (bicyclic) bond motifs is 1. The number of hydrogen-bond donors (Lipinski definition) is 1. The standard InChI is InChI=1S/C17H17FN2O/c1-11(19)16-9-12-7-8-13(18)10-15(12)17(21)20(16)14-5-3-2-4-6-14/h2-8,10-11,16H,9,19H2,1H3/t11-,16?/m0/s1. The summed E-state index contributed by atoms with van der Waals surface area (Å²) in [5.74, 6) is -0.585. The Bertz CT molecular complexity index is 670. The average molecular weight is 284 g/mol. The number of rotatable bonds is 2. The lowest BCUT2D eigenvalue weighted by Gasteiger charge is -2.38. The highest BCUT2D eigenvalue weighted by atomic mass is 19.1. The van der Waals surface area contributed by atoms with E-state index in [9.17, 15) is 9.18 Å². The van der Waals surface area contributed by atoms with Crippen LogP contribution in [-0.2, 0) is 6.42 Å². The monoisotopic (exact) mass is 284 g/mol. The van der Waals surface area contributed by atoms with E-state index in [-0.39, 0.29) is 18.0 Å². The third-order valence-electron chi connectivity index (χ3n) is 3.92. The number of anilines is 1. The number of nitrogens with two attached hydrogens (primary N) is 1. The lowest BCUT2D eigenvalue weighted by Crippen LogP contribution is -2.53. The van der Waals surface area contributed by atoms with Gasteiger partial charge in [0.2, 0.25) is 0 Å². The maximum atomic E-state index is 13.5. The molecule has 2 N–H and O–H groups in total. The van der Waals surface area contributed by atoms with Gasteiger partial charge >= 0.3 is 0 Å². The number of amides is 1. The van der Waals surface area contributed by atoms with Crippen molar-refractivity contribution in [3.63, 3.8) is 0 Å². The van der Waals surface area contributed by atoms with Gasteiger partial charge in [-0.15, -0.1) is 0 Å². The van der Waals surface area contributed by atoms with Gasteiger partial charge in [-0.05, 0) is 43.2 Å². The van der Waals surface area contributed by atoms with Crippen LogP contribution in [0, 0.1) is 5.82 Å². The summed E-state index contributed by atoms with van der Waals surface area (Å²) in [5.41, 5.74) is 8.15. The largest absolute Gasteiger partial charge is 0.326 e. The molecule has 2 aromatic carbocycles. The molecule has 3 rings (SSSR count). The van der Waals surface area contributed by atoms with Crippen molar-refractivity contribution >= 4 is 11.6 Å². The van der Waals surface area contributed by atoms with Crippen LogP contribution in [0.3, 0.4) is 0 Å². The molecule has 0 bridgehead atoms. The van der Waals surface area contributed by atoms with Gasteiger partial charge in [-0.2, -0.15) is 0 Å². The summed E-state index contributed by atoms with van der Waals surface area (Å²) in [5, 5.41) is 0. The predicted octanol–water partition coefficient (Wildman–Crippen LogP) is 2.74. The Morgan fingerprint density at radius 1 is 1.24 bits per heavy atom. The van der Waals surface area contributed by atoms with Crippen molar-refractivity contribution in [2.45, 2.75) is 25.4 Å². The highest BCUT2D eigenvalue weighted by Gasteiger charge is 2.35. The van der Waals surface area contributed by atoms with Crippen LogP contribution in [0.25, 0.3) is 0 Å². The molecule has 1 unspecified atom stereocenters. The van der Waals surface area contributed by atoms with Crippen molar-refractivity contribution in [3.05, 3.63) is 65.5 Å². The maximum absolute atomic E-state index is 13.5. The zero-order valence-corrected chi connectivity index (χ0v) is 11.8. The Labute approximate surface area is 123 Å². The van der Waals surface area contributed by atoms with Crippen LogP contribution in [0.15, 0.2) is 48.5 Å². The van der Waals surface area contributed by atoms with Crippen molar-refractivity contribution < 1.29 is 9.18 Å². The summed E-state index contributed by atoms with van der Waals surface area (Å²) in [6.07, 6.45) is 0.633. The third-order valence-corrected chi connectivity index (χ3v) is 3.92. The molecule has 0 radical (unpaired) electrons. The van der Waals surface area contributed by atoms with Gasteiger partial charge in [0.15, 0.2) is 0 Å². The van der Waals surface area contributed by atoms with Gasteiger partial charge in [0.1, 0.15) is 5.82 Å². The molecule has 21 heavy (non-hydrogen) atoms. The fourth-order valence-electron chi connectivity index (χ4n) is 2.84. The lowest BCUT2D eigenvalue weighted by atomic mass is 9.89. The molecular weight excluding hydrogens is 267 g/mol. The first-order valence-corrected chi connectivity index (χ1v) is 7.00. The number of nitrogens with zero attached hydrogens (tertiary/aromatic N) is 1. The van der Waals surface area contributed by atoms with E-state index in [0.29, 0.717) is 12.0 Å². The molecule has 108 valence electrons. The minimum Gasteiger partial charge on any atom is -0.326 e. The molecule has 0 saturated heterocycles. The molecular formula is C17H17FN2O. The Balaban J connectivity index is 2.11. The lowest BCUT2D eigenvalue weighted by molar-refractivity contribution is 0.0963. The van der Waals surface area contributed by atoms with Crippen LogP contribution in [0.1, 0.15) is 22.8 Å². The minimum absolute atomic E-state index is 0.127. The first-order chi connectivity index (χ1) is 10.1. The second kappa shape index (κ2) is 5.30. The summed E-state index contributed by atoms with van der Waals surface area (Å²) in [7, 11) is 0. The third kappa shape index (κ3) is 2.43. The van der Waals surface area contributed by atoms with Crippen molar-refractivity contribution in [1.29, 1.82) is 0 Å². The summed E-state index contributed by atoms with van der Waals surface area (Å²) in [4.78, 5) is 14.5. The minimum atomic E-state index is -0.394. The van der Waals surface area contributed by atoms with Crippen molar-refractivity contribution in [3.8, 4) is 0 Å². The molecule has 1 amide bonds. The van der Waals surface area contributed by atoms with Crippen LogP contribution >= 0.6 is 0 Å². The fourth-order valence-corrected chi connectivity index (χ4v) is 2.84. The van der Waals surface area contributed by atoms with Gasteiger partial charge in [0.05, 0.1) is 6.04 Å². The molecule has 0 aromatic heterocycles. The zero-order chi connectivity index (χ0) is 15.0. The van der Waals surface area contributed by atoms with Crippen LogP contribution < -0.4 is 10.6 Å². The summed E-state index contributed by atoms with van der Waals surface area (Å²) in [6.45, 7) is 1.89. The maximum Gasteiger partial charge on any atom is 0.258 e. The molecule has 1 aliphatic heterocycles. The van der Waals surface area contributed by atoms with E-state index in [0.717, 1.165) is 11.3 Å². The molecule has 2 atom stereocenters. The van der Waals surface area contributed by atoms with E-state index in [1.165, 1.54) is 12.1 Å². The molecule has 0 saturated carbocycles. The van der Waals surface area contributed by atoms with Crippen LogP contribution in [0.5, 0.6) is 0 Å². The second-order valence-corrected chi connectivity index (χ2v) is 5.44. The van der Waals surface area contributed by atoms with E-state index in [1.54, 1.807) is 11.0 Å². The van der Waals surface area contributed by atoms with E-state index in [4.69, 9.17) is 5.73 Å². The number of halogens is 1. The Morgan fingerprint density at radius 3 is 2.62 bits per heavy atom. The number of para-hydroxylation sites is 1. The highest BCUT2D eigenvalue weighted by Crippen LogP contribution is 2.30. The topological polar surface area (TPSA) is 46.3 Å². The van der Waals surface area contributed by atoms with Crippen molar-refractivity contribution in [2.75, 3.05) is 4.90 Å². The number of hydrogen-bond acceptors (Lipinski definition) is 2. The van der Waals surface area contributed by atoms with Gasteiger partial charge < -0.3 is 10.6 Å². The van der Waals surface area contributed by atoms with E-state index in [2.05, 4.69) is 0 Å². The Kier molecular flexibility index (Phi) is 3.47. The Hall–Kier alpha value is -2.20. The quantitative estimate of drug-likeness (QED) is 0.921. The van der Waals surface area contributed by atoms with Gasteiger partial charge in [-0.3, -0.25) is 4.79 Å². The van der Waals surface area contributed by atoms with Gasteiger partial charge in [-0.25, -0.2) is 4.39 Å². The van der Waals surface area contributed by atoms with Crippen molar-refractivity contribution in [2.24, 2.45) is 5.73 Å². The van der Waals surface area contributed by atoms with Crippen molar-refractivity contribution in [1.82, 2.24) is 0 Å². The fraction of sp³-hybridized carbons (Fsp3) is 0.235. The SMILES string of the molecule is C[C@H](N)C1Cc2ccc(F)cc2C(=O)N1c1ccccc1. The van der Waals surface area contributed by atoms with E-state index < -0.39 is 5.82 Å². The summed E-state index contributed by atoms with van der Waals surface area (Å²) < 4.78 is 13.5. The molecule has 0 aliphatic carbocycles. The molecule has 1 heterocycles. The molecule has 3 nitrogen and oxygen atoms in total. The zero-order valence-electron chi connectivity index (χ0n) is 11.8. The van der Waals surface area contributed by atoms with E-state index in [1.807, 2.05) is 37.3 Å².